The molecule has 2 amide bonds. The zero-order valence-electron chi connectivity index (χ0n) is 13.1. The second-order valence-corrected chi connectivity index (χ2v) is 5.44. The summed E-state index contributed by atoms with van der Waals surface area (Å²) in [7, 11) is 1.73. The van der Waals surface area contributed by atoms with E-state index in [0.29, 0.717) is 25.3 Å². The number of aliphatic carboxylic acids is 1. The molecule has 0 aliphatic carbocycles. The number of carboxylic acid groups (broad SMARTS) is 1. The fourth-order valence-corrected chi connectivity index (χ4v) is 2.44. The molecule has 23 heavy (non-hydrogen) atoms. The van der Waals surface area contributed by atoms with Crippen LogP contribution in [0.1, 0.15) is 17.3 Å². The van der Waals surface area contributed by atoms with Crippen molar-refractivity contribution in [2.24, 2.45) is 7.05 Å². The van der Waals surface area contributed by atoms with Gasteiger partial charge < -0.3 is 19.6 Å². The number of aromatic nitrogens is 2. The van der Waals surface area contributed by atoms with Crippen LogP contribution in [0.2, 0.25) is 0 Å². The average molecular weight is 324 g/mol. The maximum absolute atomic E-state index is 12.4. The number of amides is 2. The van der Waals surface area contributed by atoms with Gasteiger partial charge in [0.1, 0.15) is 6.54 Å². The Bertz CT molecular complexity index is 600. The molecule has 9 nitrogen and oxygen atoms in total. The molecule has 1 aliphatic rings. The molecule has 1 fully saturated rings. The fraction of sp³-hybridized carbons (Fsp3) is 0.571. The minimum absolute atomic E-state index is 0.137. The second-order valence-electron chi connectivity index (χ2n) is 5.44. The lowest BCUT2D eigenvalue weighted by Crippen LogP contribution is -2.51. The quantitative estimate of drug-likeness (QED) is 0.760. The molecule has 2 heterocycles. The molecule has 1 aromatic heterocycles. The summed E-state index contributed by atoms with van der Waals surface area (Å²) < 4.78 is 7.11. The minimum Gasteiger partial charge on any atom is -0.480 e. The van der Waals surface area contributed by atoms with Crippen molar-refractivity contribution in [2.75, 3.05) is 32.8 Å². The number of morpholine rings is 1. The van der Waals surface area contributed by atoms with E-state index in [0.717, 1.165) is 0 Å². The molecule has 2 rings (SSSR count). The number of aryl methyl sites for hydroxylation is 1. The molecular weight excluding hydrogens is 304 g/mol. The van der Waals surface area contributed by atoms with Crippen LogP contribution < -0.4 is 0 Å². The third kappa shape index (κ3) is 4.52. The lowest BCUT2D eigenvalue weighted by atomic mass is 10.2. The Labute approximate surface area is 133 Å². The van der Waals surface area contributed by atoms with Crippen LogP contribution in [0.3, 0.4) is 0 Å². The van der Waals surface area contributed by atoms with Gasteiger partial charge in [0.05, 0.1) is 24.5 Å². The topological polar surface area (TPSA) is 105 Å². The van der Waals surface area contributed by atoms with Crippen LogP contribution in [0.25, 0.3) is 0 Å². The summed E-state index contributed by atoms with van der Waals surface area (Å²) in [5, 5.41) is 12.8. The molecule has 1 N–H and O–H groups in total. The SMILES string of the molecule is CC(=O)N(CC(=O)O)CC1CN(C(=O)c2cnn(C)c2)CCO1. The first-order chi connectivity index (χ1) is 10.9. The van der Waals surface area contributed by atoms with Gasteiger partial charge in [-0.3, -0.25) is 19.1 Å². The Morgan fingerprint density at radius 2 is 2.22 bits per heavy atom. The molecule has 0 bridgehead atoms. The predicted octanol–water partition coefficient (Wildman–Crippen LogP) is -0.806. The zero-order chi connectivity index (χ0) is 17.0. The van der Waals surface area contributed by atoms with Crippen LogP contribution in [0.15, 0.2) is 12.4 Å². The van der Waals surface area contributed by atoms with Crippen molar-refractivity contribution in [2.45, 2.75) is 13.0 Å². The van der Waals surface area contributed by atoms with E-state index in [1.165, 1.54) is 18.0 Å². The molecule has 0 spiro atoms. The number of carbonyl (C=O) groups is 3. The van der Waals surface area contributed by atoms with Crippen molar-refractivity contribution in [1.29, 1.82) is 0 Å². The van der Waals surface area contributed by atoms with E-state index in [-0.39, 0.29) is 24.9 Å². The van der Waals surface area contributed by atoms with E-state index < -0.39 is 12.1 Å². The average Bonchev–Trinajstić information content (AvgIpc) is 2.92. The summed E-state index contributed by atoms with van der Waals surface area (Å²) in [5.74, 6) is -1.58. The van der Waals surface area contributed by atoms with Gasteiger partial charge in [-0.05, 0) is 0 Å². The van der Waals surface area contributed by atoms with Crippen molar-refractivity contribution in [3.63, 3.8) is 0 Å². The highest BCUT2D eigenvalue weighted by molar-refractivity contribution is 5.93. The lowest BCUT2D eigenvalue weighted by molar-refractivity contribution is -0.145. The van der Waals surface area contributed by atoms with E-state index >= 15 is 0 Å². The number of hydrogen-bond acceptors (Lipinski definition) is 5. The van der Waals surface area contributed by atoms with Gasteiger partial charge in [0.25, 0.3) is 5.91 Å². The van der Waals surface area contributed by atoms with Crippen molar-refractivity contribution >= 4 is 17.8 Å². The maximum Gasteiger partial charge on any atom is 0.323 e. The van der Waals surface area contributed by atoms with Crippen LogP contribution in [0.4, 0.5) is 0 Å². The Balaban J connectivity index is 1.98. The maximum atomic E-state index is 12.4. The highest BCUT2D eigenvalue weighted by Crippen LogP contribution is 2.11. The van der Waals surface area contributed by atoms with E-state index in [9.17, 15) is 14.4 Å². The number of carbonyl (C=O) groups excluding carboxylic acids is 2. The number of carboxylic acids is 1. The monoisotopic (exact) mass is 324 g/mol. The zero-order valence-corrected chi connectivity index (χ0v) is 13.1. The molecule has 1 aliphatic heterocycles. The van der Waals surface area contributed by atoms with Crippen LogP contribution in [0, 0.1) is 0 Å². The standard InChI is InChI=1S/C14H20N4O5/c1-10(19)18(9-13(20)21)8-12-7-17(3-4-23-12)14(22)11-5-15-16(2)6-11/h5-6,12H,3-4,7-9H2,1-2H3,(H,20,21). The van der Waals surface area contributed by atoms with Crippen molar-refractivity contribution in [3.8, 4) is 0 Å². The summed E-state index contributed by atoms with van der Waals surface area (Å²) in [5.41, 5.74) is 0.488. The number of nitrogens with zero attached hydrogens (tertiary/aromatic N) is 4. The summed E-state index contributed by atoms with van der Waals surface area (Å²) in [6, 6.07) is 0. The smallest absolute Gasteiger partial charge is 0.323 e. The van der Waals surface area contributed by atoms with Gasteiger partial charge in [-0.25, -0.2) is 0 Å². The second kappa shape index (κ2) is 7.23. The molecule has 126 valence electrons. The Morgan fingerprint density at radius 1 is 1.48 bits per heavy atom. The number of rotatable bonds is 5. The van der Waals surface area contributed by atoms with E-state index in [1.807, 2.05) is 0 Å². The lowest BCUT2D eigenvalue weighted by Gasteiger charge is -2.35. The van der Waals surface area contributed by atoms with E-state index in [2.05, 4.69) is 5.10 Å². The third-order valence-electron chi connectivity index (χ3n) is 3.57. The van der Waals surface area contributed by atoms with Gasteiger partial charge >= 0.3 is 5.97 Å². The molecule has 1 aromatic rings. The molecule has 1 saturated heterocycles. The van der Waals surface area contributed by atoms with Crippen LogP contribution in [0.5, 0.6) is 0 Å². The largest absolute Gasteiger partial charge is 0.480 e. The third-order valence-corrected chi connectivity index (χ3v) is 3.57. The van der Waals surface area contributed by atoms with Crippen LogP contribution in [-0.2, 0) is 21.4 Å². The van der Waals surface area contributed by atoms with Gasteiger partial charge in [0.2, 0.25) is 5.91 Å². The van der Waals surface area contributed by atoms with Gasteiger partial charge in [-0.2, -0.15) is 5.10 Å². The molecule has 0 aromatic carbocycles. The molecule has 9 heteroatoms. The first-order valence-electron chi connectivity index (χ1n) is 7.23. The van der Waals surface area contributed by atoms with Crippen LogP contribution >= 0.6 is 0 Å². The summed E-state index contributed by atoms with van der Waals surface area (Å²) in [4.78, 5) is 37.5. The van der Waals surface area contributed by atoms with Crippen molar-refractivity contribution in [3.05, 3.63) is 18.0 Å². The molecular formula is C14H20N4O5. The summed E-state index contributed by atoms with van der Waals surface area (Å²) in [6.45, 7) is 2.16. The predicted molar refractivity (Wildman–Crippen MR) is 78.7 cm³/mol. The Kier molecular flexibility index (Phi) is 5.32. The highest BCUT2D eigenvalue weighted by Gasteiger charge is 2.28. The normalized spacial score (nSPS) is 17.8. The van der Waals surface area contributed by atoms with Gasteiger partial charge in [0.15, 0.2) is 0 Å². The first-order valence-corrected chi connectivity index (χ1v) is 7.23. The van der Waals surface area contributed by atoms with Crippen molar-refractivity contribution < 1.29 is 24.2 Å². The minimum atomic E-state index is -1.08. The number of hydrogen-bond donors (Lipinski definition) is 1. The van der Waals surface area contributed by atoms with Gasteiger partial charge in [-0.1, -0.05) is 0 Å². The van der Waals surface area contributed by atoms with Gasteiger partial charge in [-0.15, -0.1) is 0 Å². The number of ether oxygens (including phenoxy) is 1. The van der Waals surface area contributed by atoms with Crippen molar-refractivity contribution in [1.82, 2.24) is 19.6 Å². The van der Waals surface area contributed by atoms with E-state index in [1.54, 1.807) is 22.8 Å². The van der Waals surface area contributed by atoms with Gasteiger partial charge in [0, 0.05) is 39.8 Å². The first kappa shape index (κ1) is 16.9. The molecule has 0 saturated carbocycles. The van der Waals surface area contributed by atoms with Crippen LogP contribution in [-0.4, -0.2) is 81.4 Å². The molecule has 1 atom stereocenters. The molecule has 0 radical (unpaired) electrons. The summed E-state index contributed by atoms with van der Waals surface area (Å²) >= 11 is 0. The van der Waals surface area contributed by atoms with E-state index in [4.69, 9.17) is 9.84 Å². The summed E-state index contributed by atoms with van der Waals surface area (Å²) in [6.07, 6.45) is 2.73. The highest BCUT2D eigenvalue weighted by atomic mass is 16.5. The Hall–Kier alpha value is -2.42. The molecule has 1 unspecified atom stereocenters. The Morgan fingerprint density at radius 3 is 2.78 bits per heavy atom. The fourth-order valence-electron chi connectivity index (χ4n) is 2.44.